The minimum Gasteiger partial charge on any atom is -0.309 e. The van der Waals surface area contributed by atoms with Crippen molar-refractivity contribution < 1.29 is 4.39 Å². The van der Waals surface area contributed by atoms with Crippen molar-refractivity contribution in [3.63, 3.8) is 0 Å². The maximum atomic E-state index is 13.7. The fourth-order valence-corrected chi connectivity index (χ4v) is 1.90. The Morgan fingerprint density at radius 2 is 2.06 bits per heavy atom. The molecule has 1 N–H and O–H groups in total. The van der Waals surface area contributed by atoms with E-state index >= 15 is 0 Å². The molecule has 2 heterocycles. The SMILES string of the molecule is CNC(c1ccncc1F)c1cccnc1C. The summed E-state index contributed by atoms with van der Waals surface area (Å²) in [7, 11) is 1.80. The van der Waals surface area contributed by atoms with Crippen molar-refractivity contribution in [1.29, 1.82) is 0 Å². The van der Waals surface area contributed by atoms with Crippen LogP contribution in [-0.4, -0.2) is 17.0 Å². The van der Waals surface area contributed by atoms with E-state index in [2.05, 4.69) is 15.3 Å². The van der Waals surface area contributed by atoms with E-state index in [1.54, 1.807) is 25.5 Å². The fourth-order valence-electron chi connectivity index (χ4n) is 1.90. The second kappa shape index (κ2) is 5.01. The second-order valence-corrected chi connectivity index (χ2v) is 3.80. The summed E-state index contributed by atoms with van der Waals surface area (Å²) >= 11 is 0. The number of hydrogen-bond donors (Lipinski definition) is 1. The van der Waals surface area contributed by atoms with Crippen LogP contribution in [0.2, 0.25) is 0 Å². The predicted molar refractivity (Wildman–Crippen MR) is 64.1 cm³/mol. The lowest BCUT2D eigenvalue weighted by Crippen LogP contribution is -2.20. The highest BCUT2D eigenvalue weighted by molar-refractivity contribution is 5.33. The number of aromatic nitrogens is 2. The van der Waals surface area contributed by atoms with Crippen LogP contribution in [-0.2, 0) is 0 Å². The van der Waals surface area contributed by atoms with Crippen LogP contribution >= 0.6 is 0 Å². The molecule has 17 heavy (non-hydrogen) atoms. The van der Waals surface area contributed by atoms with Crippen LogP contribution in [0, 0.1) is 12.7 Å². The van der Waals surface area contributed by atoms with E-state index in [9.17, 15) is 4.39 Å². The Bertz CT molecular complexity index is 468. The predicted octanol–water partition coefficient (Wildman–Crippen LogP) is 2.23. The van der Waals surface area contributed by atoms with E-state index in [0.717, 1.165) is 11.3 Å². The van der Waals surface area contributed by atoms with Crippen molar-refractivity contribution in [3.05, 3.63) is 59.4 Å². The first kappa shape index (κ1) is 11.7. The third kappa shape index (κ3) is 2.31. The van der Waals surface area contributed by atoms with E-state index in [-0.39, 0.29) is 11.9 Å². The van der Waals surface area contributed by atoms with Crippen molar-refractivity contribution in [1.82, 2.24) is 15.3 Å². The monoisotopic (exact) mass is 231 g/mol. The topological polar surface area (TPSA) is 37.8 Å². The van der Waals surface area contributed by atoms with E-state index in [0.29, 0.717) is 5.56 Å². The molecule has 0 amide bonds. The van der Waals surface area contributed by atoms with E-state index in [1.807, 2.05) is 19.1 Å². The van der Waals surface area contributed by atoms with Crippen LogP contribution in [0.3, 0.4) is 0 Å². The van der Waals surface area contributed by atoms with Gasteiger partial charge in [-0.25, -0.2) is 4.39 Å². The molecule has 3 nitrogen and oxygen atoms in total. The van der Waals surface area contributed by atoms with Gasteiger partial charge in [-0.05, 0) is 31.7 Å². The maximum absolute atomic E-state index is 13.7. The molecule has 0 aliphatic carbocycles. The van der Waals surface area contributed by atoms with Crippen LogP contribution in [0.1, 0.15) is 22.9 Å². The third-order valence-electron chi connectivity index (χ3n) is 2.76. The van der Waals surface area contributed by atoms with E-state index in [1.165, 1.54) is 6.20 Å². The molecule has 88 valence electrons. The number of pyridine rings is 2. The zero-order valence-corrected chi connectivity index (χ0v) is 9.81. The highest BCUT2D eigenvalue weighted by atomic mass is 19.1. The zero-order valence-electron chi connectivity index (χ0n) is 9.81. The Labute approximate surface area is 99.7 Å². The molecule has 2 aromatic rings. The smallest absolute Gasteiger partial charge is 0.146 e. The molecule has 2 aromatic heterocycles. The highest BCUT2D eigenvalue weighted by Crippen LogP contribution is 2.24. The van der Waals surface area contributed by atoms with Gasteiger partial charge in [0.25, 0.3) is 0 Å². The lowest BCUT2D eigenvalue weighted by Gasteiger charge is -2.18. The van der Waals surface area contributed by atoms with Crippen LogP contribution in [0.4, 0.5) is 4.39 Å². The molecule has 2 rings (SSSR count). The molecule has 1 atom stereocenters. The molecule has 1 unspecified atom stereocenters. The Morgan fingerprint density at radius 1 is 1.24 bits per heavy atom. The summed E-state index contributed by atoms with van der Waals surface area (Å²) in [5, 5.41) is 3.11. The molecular formula is C13H14FN3. The Morgan fingerprint density at radius 3 is 2.71 bits per heavy atom. The summed E-state index contributed by atoms with van der Waals surface area (Å²) in [5.41, 5.74) is 2.45. The summed E-state index contributed by atoms with van der Waals surface area (Å²) in [6.45, 7) is 1.92. The van der Waals surface area contributed by atoms with Gasteiger partial charge >= 0.3 is 0 Å². The number of aryl methyl sites for hydroxylation is 1. The molecule has 0 aliphatic heterocycles. The number of nitrogens with zero attached hydrogens (tertiary/aromatic N) is 2. The van der Waals surface area contributed by atoms with Crippen molar-refractivity contribution in [2.45, 2.75) is 13.0 Å². The lowest BCUT2D eigenvalue weighted by atomic mass is 9.98. The quantitative estimate of drug-likeness (QED) is 0.880. The largest absolute Gasteiger partial charge is 0.309 e. The van der Waals surface area contributed by atoms with E-state index in [4.69, 9.17) is 0 Å². The van der Waals surface area contributed by atoms with Crippen LogP contribution in [0.25, 0.3) is 0 Å². The lowest BCUT2D eigenvalue weighted by molar-refractivity contribution is 0.569. The minimum absolute atomic E-state index is 0.202. The third-order valence-corrected chi connectivity index (χ3v) is 2.76. The Balaban J connectivity index is 2.48. The average molecular weight is 231 g/mol. The normalized spacial score (nSPS) is 12.4. The average Bonchev–Trinajstić information content (AvgIpc) is 2.34. The van der Waals surface area contributed by atoms with Crippen molar-refractivity contribution in [2.75, 3.05) is 7.05 Å². The molecule has 0 aliphatic rings. The second-order valence-electron chi connectivity index (χ2n) is 3.80. The molecule has 0 fully saturated rings. The van der Waals surface area contributed by atoms with Gasteiger partial charge in [0.05, 0.1) is 12.2 Å². The first-order valence-electron chi connectivity index (χ1n) is 5.42. The van der Waals surface area contributed by atoms with Gasteiger partial charge < -0.3 is 5.32 Å². The summed E-state index contributed by atoms with van der Waals surface area (Å²) < 4.78 is 13.7. The fraction of sp³-hybridized carbons (Fsp3) is 0.231. The van der Waals surface area contributed by atoms with Crippen molar-refractivity contribution in [3.8, 4) is 0 Å². The number of rotatable bonds is 3. The Kier molecular flexibility index (Phi) is 3.44. The number of halogens is 1. The van der Waals surface area contributed by atoms with Crippen molar-refractivity contribution >= 4 is 0 Å². The molecule has 0 saturated heterocycles. The molecule has 4 heteroatoms. The number of nitrogens with one attached hydrogen (secondary N) is 1. The Hall–Kier alpha value is -1.81. The van der Waals surface area contributed by atoms with Crippen molar-refractivity contribution in [2.24, 2.45) is 0 Å². The van der Waals surface area contributed by atoms with Gasteiger partial charge in [0.2, 0.25) is 0 Å². The van der Waals surface area contributed by atoms with Gasteiger partial charge in [-0.15, -0.1) is 0 Å². The van der Waals surface area contributed by atoms with Gasteiger partial charge in [0, 0.05) is 23.7 Å². The molecule has 0 aromatic carbocycles. The minimum atomic E-state index is -0.310. The van der Waals surface area contributed by atoms with Gasteiger partial charge in [-0.2, -0.15) is 0 Å². The van der Waals surface area contributed by atoms with Gasteiger partial charge in [-0.3, -0.25) is 9.97 Å². The zero-order chi connectivity index (χ0) is 12.3. The summed E-state index contributed by atoms with van der Waals surface area (Å²) in [6.07, 6.45) is 4.55. The standard InChI is InChI=1S/C13H14FN3/c1-9-10(4-3-6-17-9)13(15-2)11-5-7-16-8-12(11)14/h3-8,13,15H,1-2H3. The molecular weight excluding hydrogens is 217 g/mol. The van der Waals surface area contributed by atoms with Gasteiger partial charge in [-0.1, -0.05) is 6.07 Å². The van der Waals surface area contributed by atoms with Crippen LogP contribution in [0.15, 0.2) is 36.8 Å². The van der Waals surface area contributed by atoms with Crippen LogP contribution in [0.5, 0.6) is 0 Å². The molecule has 0 bridgehead atoms. The summed E-state index contributed by atoms with van der Waals surface area (Å²) in [5.74, 6) is -0.310. The van der Waals surface area contributed by atoms with Crippen LogP contribution < -0.4 is 5.32 Å². The maximum Gasteiger partial charge on any atom is 0.146 e. The van der Waals surface area contributed by atoms with E-state index < -0.39 is 0 Å². The molecule has 0 spiro atoms. The van der Waals surface area contributed by atoms with Gasteiger partial charge in [0.15, 0.2) is 0 Å². The molecule has 0 radical (unpaired) electrons. The highest BCUT2D eigenvalue weighted by Gasteiger charge is 2.17. The van der Waals surface area contributed by atoms with Gasteiger partial charge in [0.1, 0.15) is 5.82 Å². The summed E-state index contributed by atoms with van der Waals surface area (Å²) in [6, 6.07) is 5.28. The first-order valence-corrected chi connectivity index (χ1v) is 5.42. The first-order chi connectivity index (χ1) is 8.24. The molecule has 0 saturated carbocycles. The number of hydrogen-bond acceptors (Lipinski definition) is 3. The summed E-state index contributed by atoms with van der Waals surface area (Å²) in [4.78, 5) is 7.98.